The number of hydrogen-bond acceptors (Lipinski definition) is 5. The third-order valence-corrected chi connectivity index (χ3v) is 3.50. The number of nitrogens with zero attached hydrogens (tertiary/aromatic N) is 1. The molecule has 1 amide bonds. The molecule has 1 aromatic heterocycles. The van der Waals surface area contributed by atoms with E-state index >= 15 is 0 Å². The van der Waals surface area contributed by atoms with Crippen molar-refractivity contribution >= 4 is 12.0 Å². The molecule has 0 atom stereocenters. The molecular formula is C20H24N2O4. The van der Waals surface area contributed by atoms with E-state index in [9.17, 15) is 4.79 Å². The van der Waals surface area contributed by atoms with Crippen LogP contribution in [0.15, 0.2) is 42.6 Å². The number of pyridine rings is 1. The zero-order chi connectivity index (χ0) is 18.8. The van der Waals surface area contributed by atoms with Gasteiger partial charge in [-0.25, -0.2) is 4.98 Å². The average molecular weight is 356 g/mol. The Balaban J connectivity index is 1.97. The second-order valence-electron chi connectivity index (χ2n) is 5.30. The van der Waals surface area contributed by atoms with Crippen LogP contribution < -0.4 is 19.5 Å². The van der Waals surface area contributed by atoms with E-state index in [1.54, 1.807) is 19.4 Å². The van der Waals surface area contributed by atoms with Crippen LogP contribution in [0.25, 0.3) is 6.08 Å². The molecule has 26 heavy (non-hydrogen) atoms. The van der Waals surface area contributed by atoms with Gasteiger partial charge in [0.05, 0.1) is 20.3 Å². The molecule has 0 aliphatic heterocycles. The highest BCUT2D eigenvalue weighted by atomic mass is 16.5. The number of ether oxygens (including phenoxy) is 3. The summed E-state index contributed by atoms with van der Waals surface area (Å²) in [6.45, 7) is 5.24. The smallest absolute Gasteiger partial charge is 0.244 e. The molecule has 0 unspecified atom stereocenters. The monoisotopic (exact) mass is 356 g/mol. The Kier molecular flexibility index (Phi) is 7.49. The van der Waals surface area contributed by atoms with Gasteiger partial charge in [-0.2, -0.15) is 0 Å². The number of methoxy groups -OCH3 is 1. The summed E-state index contributed by atoms with van der Waals surface area (Å²) in [7, 11) is 1.59. The number of carbonyl (C=O) groups excluding carboxylic acids is 1. The summed E-state index contributed by atoms with van der Waals surface area (Å²) >= 11 is 0. The van der Waals surface area contributed by atoms with Crippen molar-refractivity contribution < 1.29 is 19.0 Å². The normalized spacial score (nSPS) is 10.6. The van der Waals surface area contributed by atoms with Crippen LogP contribution in [0.3, 0.4) is 0 Å². The fourth-order valence-electron chi connectivity index (χ4n) is 2.30. The number of amides is 1. The minimum absolute atomic E-state index is 0.204. The lowest BCUT2D eigenvalue weighted by molar-refractivity contribution is -0.116. The van der Waals surface area contributed by atoms with E-state index in [-0.39, 0.29) is 5.91 Å². The Labute approximate surface area is 153 Å². The van der Waals surface area contributed by atoms with Crippen molar-refractivity contribution in [3.8, 4) is 17.4 Å². The Hall–Kier alpha value is -3.02. The van der Waals surface area contributed by atoms with Gasteiger partial charge in [0.25, 0.3) is 0 Å². The van der Waals surface area contributed by atoms with E-state index in [2.05, 4.69) is 10.3 Å². The fourth-order valence-corrected chi connectivity index (χ4v) is 2.30. The van der Waals surface area contributed by atoms with Crippen molar-refractivity contribution in [1.82, 2.24) is 10.3 Å². The van der Waals surface area contributed by atoms with Gasteiger partial charge in [-0.1, -0.05) is 12.1 Å². The maximum atomic E-state index is 12.1. The molecule has 6 heteroatoms. The van der Waals surface area contributed by atoms with E-state index in [4.69, 9.17) is 14.2 Å². The summed E-state index contributed by atoms with van der Waals surface area (Å²) in [5.41, 5.74) is 1.68. The van der Waals surface area contributed by atoms with E-state index in [1.165, 1.54) is 6.08 Å². The second-order valence-corrected chi connectivity index (χ2v) is 5.30. The highest BCUT2D eigenvalue weighted by Crippen LogP contribution is 2.28. The Morgan fingerprint density at radius 1 is 1.15 bits per heavy atom. The molecule has 138 valence electrons. The fraction of sp³-hybridized carbons (Fsp3) is 0.300. The van der Waals surface area contributed by atoms with Crippen LogP contribution in [0.1, 0.15) is 25.0 Å². The minimum Gasteiger partial charge on any atom is -0.493 e. The molecule has 0 radical (unpaired) electrons. The largest absolute Gasteiger partial charge is 0.493 e. The molecule has 0 saturated heterocycles. The first-order valence-electron chi connectivity index (χ1n) is 8.51. The van der Waals surface area contributed by atoms with Crippen molar-refractivity contribution in [3.05, 3.63) is 53.7 Å². The van der Waals surface area contributed by atoms with Gasteiger partial charge < -0.3 is 19.5 Å². The maximum Gasteiger partial charge on any atom is 0.244 e. The lowest BCUT2D eigenvalue weighted by Crippen LogP contribution is -2.20. The highest BCUT2D eigenvalue weighted by molar-refractivity contribution is 5.91. The third-order valence-electron chi connectivity index (χ3n) is 3.50. The predicted molar refractivity (Wildman–Crippen MR) is 100 cm³/mol. The van der Waals surface area contributed by atoms with Crippen molar-refractivity contribution in [2.45, 2.75) is 20.4 Å². The molecule has 2 rings (SSSR count). The SMILES string of the molecule is CCOc1ccc(/C=C/C(=O)NCc2cccnc2OCC)cc1OC. The van der Waals surface area contributed by atoms with Gasteiger partial charge in [-0.3, -0.25) is 4.79 Å². The molecule has 1 aromatic carbocycles. The summed E-state index contributed by atoms with van der Waals surface area (Å²) in [4.78, 5) is 16.2. The Morgan fingerprint density at radius 3 is 2.69 bits per heavy atom. The van der Waals surface area contributed by atoms with Crippen LogP contribution in [0, 0.1) is 0 Å². The van der Waals surface area contributed by atoms with Crippen LogP contribution in [0.5, 0.6) is 17.4 Å². The minimum atomic E-state index is -0.204. The van der Waals surface area contributed by atoms with Crippen molar-refractivity contribution in [1.29, 1.82) is 0 Å². The predicted octanol–water partition coefficient (Wildman–Crippen LogP) is 3.22. The molecule has 0 aliphatic carbocycles. The summed E-state index contributed by atoms with van der Waals surface area (Å²) < 4.78 is 16.2. The number of nitrogens with one attached hydrogen (secondary N) is 1. The molecular weight excluding hydrogens is 332 g/mol. The lowest BCUT2D eigenvalue weighted by Gasteiger charge is -2.10. The highest BCUT2D eigenvalue weighted by Gasteiger charge is 2.06. The van der Waals surface area contributed by atoms with Gasteiger partial charge in [0.1, 0.15) is 0 Å². The van der Waals surface area contributed by atoms with E-state index in [1.807, 2.05) is 44.2 Å². The zero-order valence-corrected chi connectivity index (χ0v) is 15.3. The molecule has 0 fully saturated rings. The molecule has 1 N–H and O–H groups in total. The van der Waals surface area contributed by atoms with Gasteiger partial charge in [0.15, 0.2) is 11.5 Å². The zero-order valence-electron chi connectivity index (χ0n) is 15.3. The van der Waals surface area contributed by atoms with E-state index < -0.39 is 0 Å². The van der Waals surface area contributed by atoms with Crippen molar-refractivity contribution in [2.24, 2.45) is 0 Å². The van der Waals surface area contributed by atoms with Crippen LogP contribution in [0.4, 0.5) is 0 Å². The molecule has 0 aliphatic rings. The van der Waals surface area contributed by atoms with Crippen LogP contribution in [-0.4, -0.2) is 31.2 Å². The van der Waals surface area contributed by atoms with Crippen LogP contribution in [0.2, 0.25) is 0 Å². The van der Waals surface area contributed by atoms with Crippen LogP contribution >= 0.6 is 0 Å². The van der Waals surface area contributed by atoms with Gasteiger partial charge >= 0.3 is 0 Å². The van der Waals surface area contributed by atoms with E-state index in [0.29, 0.717) is 37.1 Å². The van der Waals surface area contributed by atoms with Crippen LogP contribution in [-0.2, 0) is 11.3 Å². The van der Waals surface area contributed by atoms with Crippen molar-refractivity contribution in [3.63, 3.8) is 0 Å². The molecule has 2 aromatic rings. The van der Waals surface area contributed by atoms with Gasteiger partial charge in [0.2, 0.25) is 11.8 Å². The summed E-state index contributed by atoms with van der Waals surface area (Å²) in [6.07, 6.45) is 4.86. The Bertz CT molecular complexity index is 759. The number of aromatic nitrogens is 1. The summed E-state index contributed by atoms with van der Waals surface area (Å²) in [6, 6.07) is 9.20. The Morgan fingerprint density at radius 2 is 1.96 bits per heavy atom. The van der Waals surface area contributed by atoms with Gasteiger partial charge in [0, 0.05) is 24.4 Å². The number of hydrogen-bond donors (Lipinski definition) is 1. The topological polar surface area (TPSA) is 69.7 Å². The quantitative estimate of drug-likeness (QED) is 0.699. The van der Waals surface area contributed by atoms with Gasteiger partial charge in [-0.15, -0.1) is 0 Å². The number of carbonyl (C=O) groups is 1. The second kappa shape index (κ2) is 10.1. The average Bonchev–Trinajstić information content (AvgIpc) is 2.67. The third kappa shape index (κ3) is 5.51. The molecule has 1 heterocycles. The molecule has 0 saturated carbocycles. The number of benzene rings is 1. The van der Waals surface area contributed by atoms with Crippen molar-refractivity contribution in [2.75, 3.05) is 20.3 Å². The molecule has 0 spiro atoms. The molecule has 0 bridgehead atoms. The summed E-state index contributed by atoms with van der Waals surface area (Å²) in [5.74, 6) is 1.64. The first-order valence-corrected chi connectivity index (χ1v) is 8.51. The lowest BCUT2D eigenvalue weighted by atomic mass is 10.2. The maximum absolute atomic E-state index is 12.1. The summed E-state index contributed by atoms with van der Waals surface area (Å²) in [5, 5.41) is 2.83. The number of rotatable bonds is 9. The first-order chi connectivity index (χ1) is 12.7. The van der Waals surface area contributed by atoms with E-state index in [0.717, 1.165) is 11.1 Å². The standard InChI is InChI=1S/C20H24N2O4/c1-4-25-17-10-8-15(13-18(17)24-3)9-11-19(23)22-14-16-7-6-12-21-20(16)26-5-2/h6-13H,4-5,14H2,1-3H3,(H,22,23)/b11-9+. The van der Waals surface area contributed by atoms with Gasteiger partial charge in [-0.05, 0) is 43.7 Å². The first kappa shape index (κ1) is 19.3. The molecule has 6 nitrogen and oxygen atoms in total.